The van der Waals surface area contributed by atoms with Gasteiger partial charge in [0.05, 0.1) is 23.7 Å². The Balaban J connectivity index is 2.05. The van der Waals surface area contributed by atoms with Gasteiger partial charge >= 0.3 is 12.1 Å². The van der Waals surface area contributed by atoms with Gasteiger partial charge in [0.1, 0.15) is 6.04 Å². The molecule has 0 N–H and O–H groups in total. The molecule has 2 aliphatic heterocycles. The molecular weight excluding hydrogens is 322 g/mol. The molecule has 2 aliphatic rings. The van der Waals surface area contributed by atoms with E-state index < -0.39 is 18.1 Å². The molecule has 0 aliphatic carbocycles. The summed E-state index contributed by atoms with van der Waals surface area (Å²) in [7, 11) is 6.32. The number of carbonyl (C=O) groups is 3. The highest BCUT2D eigenvalue weighted by atomic mass is 16.2. The maximum atomic E-state index is 12.6. The molecule has 0 radical (unpaired) electrons. The molecule has 3 rings (SSSR count). The van der Waals surface area contributed by atoms with Crippen LogP contribution in [0, 0.1) is 11.3 Å². The molecule has 0 unspecified atom stereocenters. The summed E-state index contributed by atoms with van der Waals surface area (Å²) in [6.07, 6.45) is 0. The average molecular weight is 341 g/mol. The van der Waals surface area contributed by atoms with E-state index in [-0.39, 0.29) is 18.0 Å². The minimum atomic E-state index is -0.753. The number of nitrogens with zero attached hydrogens (tertiary/aromatic N) is 5. The summed E-state index contributed by atoms with van der Waals surface area (Å²) in [6, 6.07) is 6.71. The zero-order valence-corrected chi connectivity index (χ0v) is 14.5. The van der Waals surface area contributed by atoms with Crippen molar-refractivity contribution in [2.45, 2.75) is 18.1 Å². The number of imide groups is 1. The summed E-state index contributed by atoms with van der Waals surface area (Å²) < 4.78 is 0. The van der Waals surface area contributed by atoms with E-state index >= 15 is 0 Å². The summed E-state index contributed by atoms with van der Waals surface area (Å²) in [5, 5.41) is 8.97. The number of benzene rings is 1. The van der Waals surface area contributed by atoms with Crippen molar-refractivity contribution in [2.75, 3.05) is 28.2 Å². The fourth-order valence-electron chi connectivity index (χ4n) is 3.69. The van der Waals surface area contributed by atoms with Gasteiger partial charge in [-0.15, -0.1) is 0 Å². The second-order valence-corrected chi connectivity index (χ2v) is 6.41. The Morgan fingerprint density at radius 2 is 1.40 bits per heavy atom. The Morgan fingerprint density at radius 3 is 1.88 bits per heavy atom. The predicted molar refractivity (Wildman–Crippen MR) is 88.3 cm³/mol. The van der Waals surface area contributed by atoms with Crippen molar-refractivity contribution in [3.8, 4) is 6.07 Å². The molecule has 8 heteroatoms. The SMILES string of the molecule is CN1C(=O)[C@H]([C@@H]2[C@@H](c3ccc(C#N)cc3)N(C)C(=O)N2C)N(C)C1=O. The number of urea groups is 2. The van der Waals surface area contributed by atoms with E-state index in [1.165, 1.54) is 16.8 Å². The number of nitriles is 1. The first kappa shape index (κ1) is 16.8. The Labute approximate surface area is 145 Å². The first-order valence-corrected chi connectivity index (χ1v) is 7.83. The average Bonchev–Trinajstić information content (AvgIpc) is 2.95. The third kappa shape index (κ3) is 2.31. The summed E-state index contributed by atoms with van der Waals surface area (Å²) >= 11 is 0. The van der Waals surface area contributed by atoms with E-state index in [1.54, 1.807) is 50.3 Å². The van der Waals surface area contributed by atoms with Crippen LogP contribution in [0.2, 0.25) is 0 Å². The Morgan fingerprint density at radius 1 is 0.840 bits per heavy atom. The summed E-state index contributed by atoms with van der Waals surface area (Å²) in [5.74, 6) is -0.328. The third-order valence-corrected chi connectivity index (χ3v) is 5.09. The van der Waals surface area contributed by atoms with Crippen LogP contribution in [0.1, 0.15) is 17.2 Å². The highest BCUT2D eigenvalue weighted by Gasteiger charge is 2.55. The second-order valence-electron chi connectivity index (χ2n) is 6.41. The van der Waals surface area contributed by atoms with Gasteiger partial charge in [0, 0.05) is 28.2 Å². The smallest absolute Gasteiger partial charge is 0.320 e. The number of hydrogen-bond acceptors (Lipinski definition) is 4. The van der Waals surface area contributed by atoms with Crippen LogP contribution in [0.3, 0.4) is 0 Å². The molecule has 2 saturated heterocycles. The van der Waals surface area contributed by atoms with Crippen LogP contribution in [0.4, 0.5) is 9.59 Å². The fraction of sp³-hybridized carbons (Fsp3) is 0.412. The maximum absolute atomic E-state index is 12.6. The minimum absolute atomic E-state index is 0.220. The number of rotatable bonds is 2. The van der Waals surface area contributed by atoms with Crippen LogP contribution in [0.5, 0.6) is 0 Å². The highest BCUT2D eigenvalue weighted by molar-refractivity contribution is 6.04. The zero-order chi connectivity index (χ0) is 18.5. The van der Waals surface area contributed by atoms with Crippen molar-refractivity contribution in [1.82, 2.24) is 19.6 Å². The molecule has 0 bridgehead atoms. The van der Waals surface area contributed by atoms with Crippen molar-refractivity contribution in [2.24, 2.45) is 0 Å². The van der Waals surface area contributed by atoms with E-state index in [0.29, 0.717) is 5.56 Å². The maximum Gasteiger partial charge on any atom is 0.326 e. The molecule has 0 saturated carbocycles. The predicted octanol–water partition coefficient (Wildman–Crippen LogP) is 0.858. The molecule has 3 atom stereocenters. The van der Waals surface area contributed by atoms with Crippen molar-refractivity contribution >= 4 is 18.0 Å². The lowest BCUT2D eigenvalue weighted by molar-refractivity contribution is -0.128. The molecular formula is C17H19N5O3. The van der Waals surface area contributed by atoms with Gasteiger partial charge in [0.25, 0.3) is 5.91 Å². The number of likely N-dealkylation sites (N-methyl/N-ethyl adjacent to an activating group) is 4. The quantitative estimate of drug-likeness (QED) is 0.746. The van der Waals surface area contributed by atoms with Crippen molar-refractivity contribution in [3.63, 3.8) is 0 Å². The molecule has 5 amide bonds. The van der Waals surface area contributed by atoms with Gasteiger partial charge in [0.2, 0.25) is 0 Å². The largest absolute Gasteiger partial charge is 0.326 e. The van der Waals surface area contributed by atoms with Gasteiger partial charge in [0.15, 0.2) is 0 Å². The van der Waals surface area contributed by atoms with Crippen LogP contribution >= 0.6 is 0 Å². The van der Waals surface area contributed by atoms with Crippen LogP contribution in [-0.4, -0.2) is 77.8 Å². The van der Waals surface area contributed by atoms with Gasteiger partial charge in [-0.1, -0.05) is 12.1 Å². The monoisotopic (exact) mass is 341 g/mol. The normalized spacial score (nSPS) is 26.7. The van der Waals surface area contributed by atoms with E-state index in [0.717, 1.165) is 10.5 Å². The Bertz CT molecular complexity index is 784. The Kier molecular flexibility index (Phi) is 3.87. The van der Waals surface area contributed by atoms with Crippen LogP contribution in [-0.2, 0) is 4.79 Å². The van der Waals surface area contributed by atoms with Gasteiger partial charge in [-0.25, -0.2) is 9.59 Å². The third-order valence-electron chi connectivity index (χ3n) is 5.09. The van der Waals surface area contributed by atoms with Gasteiger partial charge in [-0.2, -0.15) is 5.26 Å². The lowest BCUT2D eigenvalue weighted by Gasteiger charge is -2.32. The van der Waals surface area contributed by atoms with E-state index in [9.17, 15) is 14.4 Å². The molecule has 0 aromatic heterocycles. The van der Waals surface area contributed by atoms with Gasteiger partial charge < -0.3 is 14.7 Å². The van der Waals surface area contributed by atoms with Gasteiger partial charge in [-0.3, -0.25) is 9.69 Å². The lowest BCUT2D eigenvalue weighted by atomic mass is 9.92. The molecule has 2 heterocycles. The van der Waals surface area contributed by atoms with Gasteiger partial charge in [-0.05, 0) is 17.7 Å². The fourth-order valence-corrected chi connectivity index (χ4v) is 3.69. The van der Waals surface area contributed by atoms with E-state index in [2.05, 4.69) is 6.07 Å². The number of hydrogen-bond donors (Lipinski definition) is 0. The standard InChI is InChI=1S/C17H19N5O3/c1-19-12(11-7-5-10(9-18)6-8-11)13(20(2)16(19)24)14-15(23)22(4)17(25)21(14)3/h5-8,12-14H,1-4H3/t12-,13+,14+/m1/s1. The first-order chi connectivity index (χ1) is 11.8. The zero-order valence-electron chi connectivity index (χ0n) is 14.5. The van der Waals surface area contributed by atoms with Crippen LogP contribution in [0.25, 0.3) is 0 Å². The van der Waals surface area contributed by atoms with Crippen molar-refractivity contribution in [1.29, 1.82) is 5.26 Å². The molecule has 25 heavy (non-hydrogen) atoms. The molecule has 2 fully saturated rings. The van der Waals surface area contributed by atoms with E-state index in [1.807, 2.05) is 0 Å². The molecule has 1 aromatic rings. The molecule has 130 valence electrons. The summed E-state index contributed by atoms with van der Waals surface area (Å²) in [5.41, 5.74) is 1.33. The van der Waals surface area contributed by atoms with Crippen LogP contribution < -0.4 is 0 Å². The molecule has 0 spiro atoms. The Hall–Kier alpha value is -3.08. The second kappa shape index (κ2) is 5.77. The van der Waals surface area contributed by atoms with Crippen LogP contribution in [0.15, 0.2) is 24.3 Å². The molecule has 8 nitrogen and oxygen atoms in total. The van der Waals surface area contributed by atoms with Crippen molar-refractivity contribution in [3.05, 3.63) is 35.4 Å². The van der Waals surface area contributed by atoms with Crippen molar-refractivity contribution < 1.29 is 14.4 Å². The molecule has 1 aromatic carbocycles. The number of amides is 5. The van der Waals surface area contributed by atoms with E-state index in [4.69, 9.17) is 5.26 Å². The lowest BCUT2D eigenvalue weighted by Crippen LogP contribution is -2.50. The topological polar surface area (TPSA) is 88.0 Å². The summed E-state index contributed by atoms with van der Waals surface area (Å²) in [4.78, 5) is 42.8. The number of carbonyl (C=O) groups excluding carboxylic acids is 3. The highest BCUT2D eigenvalue weighted by Crippen LogP contribution is 2.38. The first-order valence-electron chi connectivity index (χ1n) is 7.83. The minimum Gasteiger partial charge on any atom is -0.320 e. The summed E-state index contributed by atoms with van der Waals surface area (Å²) in [6.45, 7) is 0.